The van der Waals surface area contributed by atoms with Gasteiger partial charge in [0.15, 0.2) is 5.13 Å². The molecule has 5 rings (SSSR count). The average molecular weight is 483 g/mol. The lowest BCUT2D eigenvalue weighted by Crippen LogP contribution is -2.50. The van der Waals surface area contributed by atoms with Gasteiger partial charge in [0.05, 0.1) is 6.04 Å². The van der Waals surface area contributed by atoms with Crippen molar-refractivity contribution in [3.8, 4) is 0 Å². The first-order valence-electron chi connectivity index (χ1n) is 12.0. The molecule has 2 heterocycles. The first kappa shape index (κ1) is 23.3. The molecule has 178 valence electrons. The van der Waals surface area contributed by atoms with Crippen LogP contribution in [0.5, 0.6) is 0 Å². The largest absolute Gasteiger partial charge is 0.335 e. The van der Waals surface area contributed by atoms with Crippen molar-refractivity contribution in [1.82, 2.24) is 14.8 Å². The number of aromatic nitrogens is 1. The highest BCUT2D eigenvalue weighted by atomic mass is 32.1. The van der Waals surface area contributed by atoms with Crippen LogP contribution in [-0.2, 0) is 0 Å². The molecule has 6 heteroatoms. The SMILES string of the molecule is Cc1ccc(Nc2nc(C(=O)N3CCN(C(c4ccccc4)c4ccccc4)CC3)cs2)cc1C. The van der Waals surface area contributed by atoms with Crippen LogP contribution in [0.2, 0.25) is 0 Å². The Labute approximate surface area is 211 Å². The van der Waals surface area contributed by atoms with Gasteiger partial charge in [-0.25, -0.2) is 4.98 Å². The monoisotopic (exact) mass is 482 g/mol. The Bertz CT molecular complexity index is 1240. The number of aryl methyl sites for hydroxylation is 2. The van der Waals surface area contributed by atoms with Crippen molar-refractivity contribution >= 4 is 28.1 Å². The summed E-state index contributed by atoms with van der Waals surface area (Å²) in [6, 6.07) is 27.7. The normalized spacial score (nSPS) is 14.3. The maximum Gasteiger partial charge on any atom is 0.273 e. The van der Waals surface area contributed by atoms with Gasteiger partial charge >= 0.3 is 0 Å². The van der Waals surface area contributed by atoms with Gasteiger partial charge in [0.2, 0.25) is 0 Å². The van der Waals surface area contributed by atoms with Crippen LogP contribution in [0.15, 0.2) is 84.2 Å². The van der Waals surface area contributed by atoms with Crippen molar-refractivity contribution in [2.45, 2.75) is 19.9 Å². The number of nitrogens with one attached hydrogen (secondary N) is 1. The first-order valence-corrected chi connectivity index (χ1v) is 12.9. The van der Waals surface area contributed by atoms with Crippen LogP contribution in [0, 0.1) is 13.8 Å². The fraction of sp³-hybridized carbons (Fsp3) is 0.241. The summed E-state index contributed by atoms with van der Waals surface area (Å²) in [5, 5.41) is 5.93. The van der Waals surface area contributed by atoms with E-state index in [1.54, 1.807) is 0 Å². The molecule has 1 N–H and O–H groups in total. The number of hydrogen-bond donors (Lipinski definition) is 1. The van der Waals surface area contributed by atoms with E-state index >= 15 is 0 Å². The van der Waals surface area contributed by atoms with Gasteiger partial charge in [-0.2, -0.15) is 0 Å². The number of nitrogens with zero attached hydrogens (tertiary/aromatic N) is 3. The van der Waals surface area contributed by atoms with E-state index in [0.717, 1.165) is 23.9 Å². The average Bonchev–Trinajstić information content (AvgIpc) is 3.36. The minimum absolute atomic E-state index is 0.00464. The summed E-state index contributed by atoms with van der Waals surface area (Å²) in [5.74, 6) is 0.00464. The molecule has 1 saturated heterocycles. The molecule has 0 radical (unpaired) electrons. The second-order valence-electron chi connectivity index (χ2n) is 9.01. The van der Waals surface area contributed by atoms with Crippen molar-refractivity contribution < 1.29 is 4.79 Å². The van der Waals surface area contributed by atoms with E-state index in [1.807, 2.05) is 16.3 Å². The van der Waals surface area contributed by atoms with Crippen LogP contribution < -0.4 is 5.32 Å². The molecule has 4 aromatic rings. The highest BCUT2D eigenvalue weighted by molar-refractivity contribution is 7.14. The molecule has 1 aromatic heterocycles. The molecule has 1 aliphatic heterocycles. The fourth-order valence-corrected chi connectivity index (χ4v) is 5.31. The van der Waals surface area contributed by atoms with Crippen LogP contribution in [0.4, 0.5) is 10.8 Å². The lowest BCUT2D eigenvalue weighted by Gasteiger charge is -2.39. The fourth-order valence-electron chi connectivity index (χ4n) is 4.60. The molecule has 3 aromatic carbocycles. The number of thiazole rings is 1. The minimum Gasteiger partial charge on any atom is -0.335 e. The van der Waals surface area contributed by atoms with Crippen LogP contribution in [0.1, 0.15) is 38.8 Å². The molecule has 35 heavy (non-hydrogen) atoms. The summed E-state index contributed by atoms with van der Waals surface area (Å²) in [6.07, 6.45) is 0. The molecule has 1 aliphatic rings. The van der Waals surface area contributed by atoms with Gasteiger partial charge in [-0.15, -0.1) is 11.3 Å². The maximum absolute atomic E-state index is 13.2. The number of carbonyl (C=O) groups excluding carboxylic acids is 1. The highest BCUT2D eigenvalue weighted by Crippen LogP contribution is 2.30. The van der Waals surface area contributed by atoms with E-state index in [0.29, 0.717) is 18.8 Å². The van der Waals surface area contributed by atoms with Crippen molar-refractivity contribution in [2.24, 2.45) is 0 Å². The van der Waals surface area contributed by atoms with Crippen LogP contribution in [0.25, 0.3) is 0 Å². The molecule has 0 saturated carbocycles. The summed E-state index contributed by atoms with van der Waals surface area (Å²) in [4.78, 5) is 22.2. The third-order valence-corrected chi connectivity index (χ3v) is 7.44. The smallest absolute Gasteiger partial charge is 0.273 e. The van der Waals surface area contributed by atoms with Gasteiger partial charge in [-0.3, -0.25) is 9.69 Å². The zero-order chi connectivity index (χ0) is 24.2. The standard InChI is InChI=1S/C29H30N4OS/c1-21-13-14-25(19-22(21)2)30-29-31-26(20-35-29)28(34)33-17-15-32(16-18-33)27(23-9-5-3-6-10-23)24-11-7-4-8-12-24/h3-14,19-20,27H,15-18H2,1-2H3,(H,30,31). The molecule has 1 fully saturated rings. The Morgan fingerprint density at radius 1 is 0.857 bits per heavy atom. The second-order valence-corrected chi connectivity index (χ2v) is 9.87. The number of benzene rings is 3. The quantitative estimate of drug-likeness (QED) is 0.363. The minimum atomic E-state index is 0.00464. The summed E-state index contributed by atoms with van der Waals surface area (Å²) in [5.41, 5.74) is 6.54. The molecule has 0 bridgehead atoms. The Morgan fingerprint density at radius 3 is 2.09 bits per heavy atom. The summed E-state index contributed by atoms with van der Waals surface area (Å²) >= 11 is 1.47. The van der Waals surface area contributed by atoms with Crippen LogP contribution in [-0.4, -0.2) is 46.9 Å². The van der Waals surface area contributed by atoms with Gasteiger partial charge < -0.3 is 10.2 Å². The van der Waals surface area contributed by atoms with E-state index in [-0.39, 0.29) is 11.9 Å². The first-order chi connectivity index (χ1) is 17.1. The van der Waals surface area contributed by atoms with E-state index in [9.17, 15) is 4.79 Å². The maximum atomic E-state index is 13.2. The number of hydrogen-bond acceptors (Lipinski definition) is 5. The summed E-state index contributed by atoms with van der Waals surface area (Å²) in [7, 11) is 0. The molecule has 1 amide bonds. The predicted octanol–water partition coefficient (Wildman–Crippen LogP) is 6.05. The zero-order valence-electron chi connectivity index (χ0n) is 20.1. The number of rotatable bonds is 6. The third kappa shape index (κ3) is 5.29. The van der Waals surface area contributed by atoms with Gasteiger partial charge in [0, 0.05) is 37.2 Å². The lowest BCUT2D eigenvalue weighted by atomic mass is 9.96. The Balaban J connectivity index is 1.25. The third-order valence-electron chi connectivity index (χ3n) is 6.68. The number of carbonyl (C=O) groups is 1. The topological polar surface area (TPSA) is 48.5 Å². The van der Waals surface area contributed by atoms with E-state index in [4.69, 9.17) is 0 Å². The summed E-state index contributed by atoms with van der Waals surface area (Å²) in [6.45, 7) is 7.20. The second kappa shape index (κ2) is 10.4. The van der Waals surface area contributed by atoms with E-state index in [1.165, 1.54) is 33.6 Å². The Morgan fingerprint density at radius 2 is 1.49 bits per heavy atom. The summed E-state index contributed by atoms with van der Waals surface area (Å²) < 4.78 is 0. The number of piperazine rings is 1. The van der Waals surface area contributed by atoms with Crippen molar-refractivity contribution in [1.29, 1.82) is 0 Å². The molecular formula is C29H30N4OS. The predicted molar refractivity (Wildman–Crippen MR) is 144 cm³/mol. The van der Waals surface area contributed by atoms with Crippen molar-refractivity contribution in [2.75, 3.05) is 31.5 Å². The molecular weight excluding hydrogens is 452 g/mol. The lowest BCUT2D eigenvalue weighted by molar-refractivity contribution is 0.0592. The number of anilines is 2. The van der Waals surface area contributed by atoms with Gasteiger partial charge in [0.1, 0.15) is 5.69 Å². The van der Waals surface area contributed by atoms with Crippen molar-refractivity contribution in [3.05, 3.63) is 112 Å². The molecule has 5 nitrogen and oxygen atoms in total. The number of amides is 1. The zero-order valence-corrected chi connectivity index (χ0v) is 21.0. The molecule has 0 spiro atoms. The molecule has 0 atom stereocenters. The van der Waals surface area contributed by atoms with Gasteiger partial charge in [0.25, 0.3) is 5.91 Å². The van der Waals surface area contributed by atoms with Crippen molar-refractivity contribution in [3.63, 3.8) is 0 Å². The van der Waals surface area contributed by atoms with Crippen LogP contribution >= 0.6 is 11.3 Å². The highest BCUT2D eigenvalue weighted by Gasteiger charge is 2.29. The van der Waals surface area contributed by atoms with Gasteiger partial charge in [-0.1, -0.05) is 66.7 Å². The molecule has 0 unspecified atom stereocenters. The van der Waals surface area contributed by atoms with Crippen LogP contribution in [0.3, 0.4) is 0 Å². The van der Waals surface area contributed by atoms with E-state index < -0.39 is 0 Å². The molecule has 0 aliphatic carbocycles. The Hall–Kier alpha value is -3.48. The van der Waals surface area contributed by atoms with E-state index in [2.05, 4.69) is 102 Å². The van der Waals surface area contributed by atoms with Gasteiger partial charge in [-0.05, 0) is 48.2 Å². The Kier molecular flexibility index (Phi) is 6.93.